The summed E-state index contributed by atoms with van der Waals surface area (Å²) in [7, 11) is 0. The first-order valence-corrected chi connectivity index (χ1v) is 10.9. The maximum atomic E-state index is 12.0. The smallest absolute Gasteiger partial charge is 0.264 e. The van der Waals surface area contributed by atoms with E-state index in [0.29, 0.717) is 5.13 Å². The van der Waals surface area contributed by atoms with Crippen LogP contribution in [0, 0.1) is 0 Å². The van der Waals surface area contributed by atoms with Crippen LogP contribution in [0.4, 0.5) is 5.13 Å². The molecule has 1 heterocycles. The molecule has 26 heavy (non-hydrogen) atoms. The van der Waals surface area contributed by atoms with Gasteiger partial charge < -0.3 is 4.74 Å². The van der Waals surface area contributed by atoms with Crippen LogP contribution in [0.5, 0.6) is 5.75 Å². The zero-order valence-electron chi connectivity index (χ0n) is 13.2. The van der Waals surface area contributed by atoms with E-state index in [0.717, 1.165) is 22.9 Å². The molecule has 0 radical (unpaired) electrons. The van der Waals surface area contributed by atoms with Crippen LogP contribution in [-0.4, -0.2) is 28.5 Å². The van der Waals surface area contributed by atoms with Crippen LogP contribution in [0.1, 0.15) is 19.8 Å². The van der Waals surface area contributed by atoms with Gasteiger partial charge in [0.05, 0.1) is 15.1 Å². The third-order valence-electron chi connectivity index (χ3n) is 2.89. The van der Waals surface area contributed by atoms with Crippen molar-refractivity contribution in [3.05, 3.63) is 25.1 Å². The average molecular weight is 496 g/mol. The predicted octanol–water partition coefficient (Wildman–Crippen LogP) is 6.71. The number of nitrogens with one attached hydrogen (secondary N) is 1. The van der Waals surface area contributed by atoms with Gasteiger partial charge in [-0.05, 0) is 6.42 Å². The average Bonchev–Trinajstić information content (AvgIpc) is 3.05. The van der Waals surface area contributed by atoms with E-state index in [1.54, 1.807) is 11.8 Å². The Bertz CT molecular complexity index is 774. The Morgan fingerprint density at radius 2 is 1.69 bits per heavy atom. The van der Waals surface area contributed by atoms with Gasteiger partial charge in [-0.3, -0.25) is 10.1 Å². The molecule has 1 aromatic carbocycles. The molecule has 1 aromatic heterocycles. The van der Waals surface area contributed by atoms with Gasteiger partial charge in [-0.2, -0.15) is 0 Å². The van der Waals surface area contributed by atoms with Crippen molar-refractivity contribution in [1.29, 1.82) is 0 Å². The fourth-order valence-electron chi connectivity index (χ4n) is 1.63. The summed E-state index contributed by atoms with van der Waals surface area (Å²) in [5.41, 5.74) is 0. The molecular weight excluding hydrogens is 484 g/mol. The number of thioether (sulfide) groups is 1. The summed E-state index contributed by atoms with van der Waals surface area (Å²) in [6, 6.07) is 0. The van der Waals surface area contributed by atoms with Gasteiger partial charge >= 0.3 is 0 Å². The van der Waals surface area contributed by atoms with Crippen molar-refractivity contribution in [2.75, 3.05) is 17.7 Å². The van der Waals surface area contributed by atoms with Crippen molar-refractivity contribution in [2.24, 2.45) is 0 Å². The molecule has 0 aliphatic heterocycles. The van der Waals surface area contributed by atoms with Gasteiger partial charge in [0.2, 0.25) is 5.13 Å². The van der Waals surface area contributed by atoms with Gasteiger partial charge in [0.15, 0.2) is 16.7 Å². The number of benzene rings is 1. The first-order valence-electron chi connectivity index (χ1n) is 7.25. The lowest BCUT2D eigenvalue weighted by Crippen LogP contribution is -2.20. The van der Waals surface area contributed by atoms with Crippen molar-refractivity contribution in [3.63, 3.8) is 0 Å². The van der Waals surface area contributed by atoms with Gasteiger partial charge in [-0.1, -0.05) is 94.4 Å². The molecule has 1 amide bonds. The number of amides is 1. The van der Waals surface area contributed by atoms with Crippen molar-refractivity contribution in [1.82, 2.24) is 10.2 Å². The van der Waals surface area contributed by atoms with Gasteiger partial charge in [0.25, 0.3) is 5.91 Å². The number of unbranched alkanes of at least 4 members (excludes halogenated alkanes) is 1. The van der Waals surface area contributed by atoms with Crippen LogP contribution in [-0.2, 0) is 4.79 Å². The highest BCUT2D eigenvalue weighted by molar-refractivity contribution is 8.01. The van der Waals surface area contributed by atoms with Crippen LogP contribution in [0.2, 0.25) is 25.1 Å². The van der Waals surface area contributed by atoms with Gasteiger partial charge in [0, 0.05) is 5.75 Å². The second-order valence-corrected chi connectivity index (χ2v) is 9.02. The normalized spacial score (nSPS) is 10.8. The summed E-state index contributed by atoms with van der Waals surface area (Å²) in [6.45, 7) is 1.75. The Morgan fingerprint density at radius 1 is 1.08 bits per heavy atom. The van der Waals surface area contributed by atoms with Gasteiger partial charge in [-0.15, -0.1) is 10.2 Å². The van der Waals surface area contributed by atoms with Crippen LogP contribution in [0.25, 0.3) is 0 Å². The summed E-state index contributed by atoms with van der Waals surface area (Å²) >= 11 is 32.8. The number of anilines is 1. The lowest BCUT2D eigenvalue weighted by molar-refractivity contribution is -0.118. The number of carbonyl (C=O) groups is 1. The minimum absolute atomic E-state index is 0.00369. The Kier molecular flexibility index (Phi) is 8.87. The van der Waals surface area contributed by atoms with E-state index in [4.69, 9.17) is 62.7 Å². The predicted molar refractivity (Wildman–Crippen MR) is 111 cm³/mol. The molecular formula is C14H12Cl5N3O2S2. The van der Waals surface area contributed by atoms with E-state index < -0.39 is 5.91 Å². The molecule has 0 aliphatic carbocycles. The number of hydrogen-bond acceptors (Lipinski definition) is 6. The van der Waals surface area contributed by atoms with Gasteiger partial charge in [0.1, 0.15) is 10.0 Å². The molecule has 0 saturated carbocycles. The fourth-order valence-corrected chi connectivity index (χ4v) is 4.78. The number of halogens is 5. The number of nitrogens with zero attached hydrogens (tertiary/aromatic N) is 2. The highest BCUT2D eigenvalue weighted by atomic mass is 35.5. The van der Waals surface area contributed by atoms with E-state index >= 15 is 0 Å². The molecule has 12 heteroatoms. The van der Waals surface area contributed by atoms with E-state index in [-0.39, 0.29) is 37.5 Å². The molecule has 142 valence electrons. The minimum atomic E-state index is -0.458. The number of hydrogen-bond donors (Lipinski definition) is 1. The molecule has 2 aromatic rings. The second-order valence-electron chi connectivity index (χ2n) is 4.81. The monoisotopic (exact) mass is 493 g/mol. The Hall–Kier alpha value is -0.150. The van der Waals surface area contributed by atoms with E-state index in [1.807, 2.05) is 0 Å². The molecule has 0 unspecified atom stereocenters. The summed E-state index contributed by atoms with van der Waals surface area (Å²) < 4.78 is 6.14. The van der Waals surface area contributed by atoms with Crippen LogP contribution in [0.3, 0.4) is 0 Å². The van der Waals surface area contributed by atoms with Crippen molar-refractivity contribution in [2.45, 2.75) is 24.1 Å². The fraction of sp³-hybridized carbons (Fsp3) is 0.357. The summed E-state index contributed by atoms with van der Waals surface area (Å²) in [6.07, 6.45) is 2.20. The maximum Gasteiger partial charge on any atom is 0.264 e. The summed E-state index contributed by atoms with van der Waals surface area (Å²) in [5.74, 6) is 0.480. The van der Waals surface area contributed by atoms with E-state index in [2.05, 4.69) is 22.4 Å². The number of ether oxygens (including phenoxy) is 1. The van der Waals surface area contributed by atoms with Gasteiger partial charge in [-0.25, -0.2) is 0 Å². The van der Waals surface area contributed by atoms with Crippen molar-refractivity contribution in [3.8, 4) is 5.75 Å². The summed E-state index contributed by atoms with van der Waals surface area (Å²) in [4.78, 5) is 12.0. The molecule has 0 atom stereocenters. The maximum absolute atomic E-state index is 12.0. The largest absolute Gasteiger partial charge is 0.481 e. The lowest BCUT2D eigenvalue weighted by atomic mass is 10.3. The highest BCUT2D eigenvalue weighted by Gasteiger charge is 2.21. The molecule has 0 spiro atoms. The molecule has 5 nitrogen and oxygen atoms in total. The van der Waals surface area contributed by atoms with Crippen molar-refractivity contribution < 1.29 is 9.53 Å². The molecule has 2 rings (SSSR count). The number of carbonyl (C=O) groups excluding carboxylic acids is 1. The SMILES string of the molecule is CCCCSc1nnc(NC(=O)COc2c(Cl)c(Cl)c(Cl)c(Cl)c2Cl)s1. The Balaban J connectivity index is 1.96. The van der Waals surface area contributed by atoms with Crippen LogP contribution < -0.4 is 10.1 Å². The number of rotatable bonds is 8. The quantitative estimate of drug-likeness (QED) is 0.145. The molecule has 0 fully saturated rings. The molecule has 0 aliphatic rings. The topological polar surface area (TPSA) is 64.1 Å². The minimum Gasteiger partial charge on any atom is -0.481 e. The Morgan fingerprint density at radius 3 is 2.31 bits per heavy atom. The van der Waals surface area contributed by atoms with Crippen LogP contribution in [0.15, 0.2) is 4.34 Å². The second kappa shape index (κ2) is 10.4. The Labute approximate surface area is 183 Å². The molecule has 0 bridgehead atoms. The van der Waals surface area contributed by atoms with Crippen LogP contribution >= 0.6 is 81.1 Å². The lowest BCUT2D eigenvalue weighted by Gasteiger charge is -2.13. The van der Waals surface area contributed by atoms with E-state index in [1.165, 1.54) is 11.3 Å². The molecule has 1 N–H and O–H groups in total. The van der Waals surface area contributed by atoms with E-state index in [9.17, 15) is 4.79 Å². The third-order valence-corrected chi connectivity index (χ3v) is 7.19. The number of aromatic nitrogens is 2. The zero-order valence-corrected chi connectivity index (χ0v) is 18.7. The third kappa shape index (κ3) is 5.67. The van der Waals surface area contributed by atoms with Crippen molar-refractivity contribution >= 4 is 92.1 Å². The first kappa shape index (κ1) is 22.1. The first-order chi connectivity index (χ1) is 12.3. The standard InChI is InChI=1S/C14H12Cl5N3O2S2/c1-2-3-4-25-14-22-21-13(26-14)20-6(23)5-24-12-10(18)8(16)7(15)9(17)11(12)19/h2-5H2,1H3,(H,20,21,23). The zero-order chi connectivity index (χ0) is 19.3. The molecule has 0 saturated heterocycles. The highest BCUT2D eigenvalue weighted by Crippen LogP contribution is 2.48. The summed E-state index contributed by atoms with van der Waals surface area (Å²) in [5, 5.41) is 10.8.